The van der Waals surface area contributed by atoms with Crippen LogP contribution in [0.15, 0.2) is 15.9 Å². The normalized spacial score (nSPS) is 18.9. The van der Waals surface area contributed by atoms with Crippen LogP contribution in [0.25, 0.3) is 0 Å². The van der Waals surface area contributed by atoms with Gasteiger partial charge in [-0.3, -0.25) is 0 Å². The maximum absolute atomic E-state index is 4.19. The first kappa shape index (κ1) is 12.3. The van der Waals surface area contributed by atoms with Crippen LogP contribution in [-0.2, 0) is 19.5 Å². The molecule has 0 fully saturated rings. The molecule has 1 N–H and O–H groups in total. The number of rotatable bonds is 3. The molecule has 3 heterocycles. The first-order valence-electron chi connectivity index (χ1n) is 6.08. The SMILES string of the molecule is Cc1nnc2n1C[C@@H](NCc1ccc(Br)s1)CC2. The maximum Gasteiger partial charge on any atom is 0.133 e. The van der Waals surface area contributed by atoms with Crippen LogP contribution in [0.3, 0.4) is 0 Å². The van der Waals surface area contributed by atoms with Gasteiger partial charge in [0.15, 0.2) is 0 Å². The fraction of sp³-hybridized carbons (Fsp3) is 0.500. The molecule has 0 radical (unpaired) electrons. The van der Waals surface area contributed by atoms with Crippen LogP contribution in [0, 0.1) is 6.92 Å². The van der Waals surface area contributed by atoms with Gasteiger partial charge in [0, 0.05) is 30.4 Å². The molecule has 3 rings (SSSR count). The Morgan fingerprint density at radius 3 is 3.17 bits per heavy atom. The summed E-state index contributed by atoms with van der Waals surface area (Å²) in [5.74, 6) is 2.15. The van der Waals surface area contributed by atoms with E-state index in [1.807, 2.05) is 6.92 Å². The Hall–Kier alpha value is -0.720. The lowest BCUT2D eigenvalue weighted by molar-refractivity contribution is 0.376. The second kappa shape index (κ2) is 5.11. The number of thiophene rings is 1. The number of aromatic nitrogens is 3. The molecule has 0 amide bonds. The predicted octanol–water partition coefficient (Wildman–Crippen LogP) is 2.52. The third-order valence-corrected chi connectivity index (χ3v) is 4.95. The molecule has 96 valence electrons. The molecule has 0 aliphatic carbocycles. The van der Waals surface area contributed by atoms with Crippen LogP contribution in [0.1, 0.15) is 22.9 Å². The summed E-state index contributed by atoms with van der Waals surface area (Å²) in [6.45, 7) is 3.95. The summed E-state index contributed by atoms with van der Waals surface area (Å²) in [4.78, 5) is 1.37. The zero-order valence-electron chi connectivity index (χ0n) is 10.2. The largest absolute Gasteiger partial charge is 0.314 e. The van der Waals surface area contributed by atoms with Crippen LogP contribution >= 0.6 is 27.3 Å². The number of hydrogen-bond donors (Lipinski definition) is 1. The van der Waals surface area contributed by atoms with Crippen LogP contribution in [0.2, 0.25) is 0 Å². The summed E-state index contributed by atoms with van der Waals surface area (Å²) >= 11 is 5.28. The fourth-order valence-electron chi connectivity index (χ4n) is 2.32. The van der Waals surface area contributed by atoms with E-state index >= 15 is 0 Å². The van der Waals surface area contributed by atoms with Crippen molar-refractivity contribution in [3.05, 3.63) is 32.4 Å². The molecule has 18 heavy (non-hydrogen) atoms. The molecule has 0 saturated heterocycles. The first-order chi connectivity index (χ1) is 8.72. The molecule has 6 heteroatoms. The summed E-state index contributed by atoms with van der Waals surface area (Å²) in [6.07, 6.45) is 2.16. The molecule has 1 aliphatic heterocycles. The van der Waals surface area contributed by atoms with E-state index < -0.39 is 0 Å². The molecular weight excluding hydrogens is 312 g/mol. The number of nitrogens with zero attached hydrogens (tertiary/aromatic N) is 3. The van der Waals surface area contributed by atoms with Crippen molar-refractivity contribution in [2.24, 2.45) is 0 Å². The van der Waals surface area contributed by atoms with Crippen molar-refractivity contribution in [2.75, 3.05) is 0 Å². The predicted molar refractivity (Wildman–Crippen MR) is 75.7 cm³/mol. The van der Waals surface area contributed by atoms with E-state index in [1.165, 1.54) is 8.66 Å². The van der Waals surface area contributed by atoms with E-state index in [4.69, 9.17) is 0 Å². The highest BCUT2D eigenvalue weighted by Crippen LogP contribution is 2.22. The van der Waals surface area contributed by atoms with Crippen molar-refractivity contribution in [3.63, 3.8) is 0 Å². The lowest BCUT2D eigenvalue weighted by atomic mass is 10.1. The third kappa shape index (κ3) is 2.50. The minimum absolute atomic E-state index is 0.521. The van der Waals surface area contributed by atoms with Gasteiger partial charge in [0.2, 0.25) is 0 Å². The van der Waals surface area contributed by atoms with Crippen molar-refractivity contribution in [3.8, 4) is 0 Å². The highest BCUT2D eigenvalue weighted by atomic mass is 79.9. The Labute approximate surface area is 119 Å². The molecule has 0 bridgehead atoms. The summed E-state index contributed by atoms with van der Waals surface area (Å²) in [5.41, 5.74) is 0. The quantitative estimate of drug-likeness (QED) is 0.942. The minimum Gasteiger partial charge on any atom is -0.314 e. The van der Waals surface area contributed by atoms with Gasteiger partial charge in [-0.05, 0) is 41.4 Å². The Bertz CT molecular complexity index is 548. The Morgan fingerprint density at radius 1 is 1.50 bits per heavy atom. The second-order valence-corrected chi connectivity index (χ2v) is 7.14. The standard InChI is InChI=1S/C12H15BrN4S/c1-8-15-16-12-5-2-9(7-17(8)12)14-6-10-3-4-11(13)18-10/h3-4,9,14H,2,5-7H2,1H3/t9-/m0/s1. The van der Waals surface area contributed by atoms with Gasteiger partial charge in [0.05, 0.1) is 3.79 Å². The molecule has 0 spiro atoms. The van der Waals surface area contributed by atoms with E-state index in [2.05, 4.69) is 48.1 Å². The van der Waals surface area contributed by atoms with Gasteiger partial charge >= 0.3 is 0 Å². The van der Waals surface area contributed by atoms with E-state index in [-0.39, 0.29) is 0 Å². The molecular formula is C12H15BrN4S. The number of hydrogen-bond acceptors (Lipinski definition) is 4. The minimum atomic E-state index is 0.521. The Kier molecular flexibility index (Phi) is 3.50. The molecule has 4 nitrogen and oxygen atoms in total. The summed E-state index contributed by atoms with van der Waals surface area (Å²) < 4.78 is 3.42. The van der Waals surface area contributed by atoms with Crippen LogP contribution in [-0.4, -0.2) is 20.8 Å². The zero-order valence-corrected chi connectivity index (χ0v) is 12.6. The first-order valence-corrected chi connectivity index (χ1v) is 7.69. The molecule has 0 unspecified atom stereocenters. The molecule has 2 aromatic heterocycles. The topological polar surface area (TPSA) is 42.7 Å². The maximum atomic E-state index is 4.19. The molecule has 2 aromatic rings. The number of aryl methyl sites for hydroxylation is 2. The average Bonchev–Trinajstić information content (AvgIpc) is 2.94. The summed E-state index contributed by atoms with van der Waals surface area (Å²) in [7, 11) is 0. The molecule has 1 aliphatic rings. The second-order valence-electron chi connectivity index (χ2n) is 4.60. The third-order valence-electron chi connectivity index (χ3n) is 3.33. The van der Waals surface area contributed by atoms with Crippen molar-refractivity contribution >= 4 is 27.3 Å². The van der Waals surface area contributed by atoms with Gasteiger partial charge in [0.1, 0.15) is 11.6 Å². The van der Waals surface area contributed by atoms with Gasteiger partial charge < -0.3 is 9.88 Å². The summed E-state index contributed by atoms with van der Waals surface area (Å²) in [5, 5.41) is 12.0. The molecule has 1 atom stereocenters. The number of fused-ring (bicyclic) bond motifs is 1. The highest BCUT2D eigenvalue weighted by Gasteiger charge is 2.20. The van der Waals surface area contributed by atoms with Crippen LogP contribution < -0.4 is 5.32 Å². The van der Waals surface area contributed by atoms with Gasteiger partial charge in [-0.1, -0.05) is 0 Å². The van der Waals surface area contributed by atoms with Crippen molar-refractivity contribution in [2.45, 2.75) is 38.9 Å². The van der Waals surface area contributed by atoms with E-state index in [0.717, 1.165) is 37.6 Å². The van der Waals surface area contributed by atoms with Gasteiger partial charge in [0.25, 0.3) is 0 Å². The Balaban J connectivity index is 1.61. The zero-order chi connectivity index (χ0) is 12.5. The monoisotopic (exact) mass is 326 g/mol. The number of halogens is 1. The Morgan fingerprint density at radius 2 is 2.39 bits per heavy atom. The fourth-order valence-corrected chi connectivity index (χ4v) is 3.75. The lowest BCUT2D eigenvalue weighted by Crippen LogP contribution is -2.37. The van der Waals surface area contributed by atoms with Crippen LogP contribution in [0.5, 0.6) is 0 Å². The summed E-state index contributed by atoms with van der Waals surface area (Å²) in [6, 6.07) is 4.79. The van der Waals surface area contributed by atoms with Crippen molar-refractivity contribution in [1.82, 2.24) is 20.1 Å². The number of nitrogens with one attached hydrogen (secondary N) is 1. The highest BCUT2D eigenvalue weighted by molar-refractivity contribution is 9.11. The van der Waals surface area contributed by atoms with Crippen molar-refractivity contribution < 1.29 is 0 Å². The van der Waals surface area contributed by atoms with Crippen molar-refractivity contribution in [1.29, 1.82) is 0 Å². The smallest absolute Gasteiger partial charge is 0.133 e. The van der Waals surface area contributed by atoms with Gasteiger partial charge in [-0.15, -0.1) is 21.5 Å². The lowest BCUT2D eigenvalue weighted by Gasteiger charge is -2.24. The molecule has 0 saturated carbocycles. The molecule has 0 aromatic carbocycles. The van der Waals surface area contributed by atoms with E-state index in [9.17, 15) is 0 Å². The van der Waals surface area contributed by atoms with E-state index in [0.29, 0.717) is 6.04 Å². The van der Waals surface area contributed by atoms with E-state index in [1.54, 1.807) is 11.3 Å². The van der Waals surface area contributed by atoms with Crippen LogP contribution in [0.4, 0.5) is 0 Å². The average molecular weight is 327 g/mol. The van der Waals surface area contributed by atoms with Gasteiger partial charge in [-0.25, -0.2) is 0 Å². The van der Waals surface area contributed by atoms with Gasteiger partial charge in [-0.2, -0.15) is 0 Å².